The van der Waals surface area contributed by atoms with Crippen LogP contribution in [0.25, 0.3) is 0 Å². The van der Waals surface area contributed by atoms with Crippen molar-refractivity contribution in [2.75, 3.05) is 31.1 Å². The molecule has 5 nitrogen and oxygen atoms in total. The van der Waals surface area contributed by atoms with Gasteiger partial charge in [0.05, 0.1) is 5.70 Å². The van der Waals surface area contributed by atoms with Crippen molar-refractivity contribution < 1.29 is 4.79 Å². The molecule has 3 rings (SSSR count). The molecule has 0 bridgehead atoms. The van der Waals surface area contributed by atoms with Gasteiger partial charge in [0.25, 0.3) is 0 Å². The molecule has 0 unspecified atom stereocenters. The number of carbonyl (C=O) groups excluding carboxylic acids is 1. The van der Waals surface area contributed by atoms with Gasteiger partial charge in [-0.3, -0.25) is 4.79 Å². The monoisotopic (exact) mass is 324 g/mol. The highest BCUT2D eigenvalue weighted by Crippen LogP contribution is 2.21. The zero-order valence-corrected chi connectivity index (χ0v) is 14.4. The number of hydrogen-bond acceptors (Lipinski definition) is 4. The molecule has 24 heavy (non-hydrogen) atoms. The molecule has 5 heteroatoms. The number of carbonyl (C=O) groups is 1. The number of rotatable bonds is 3. The van der Waals surface area contributed by atoms with Crippen molar-refractivity contribution in [3.05, 3.63) is 47.8 Å². The van der Waals surface area contributed by atoms with E-state index in [0.29, 0.717) is 0 Å². The highest BCUT2D eigenvalue weighted by Gasteiger charge is 2.19. The van der Waals surface area contributed by atoms with Crippen molar-refractivity contribution in [3.8, 4) is 0 Å². The van der Waals surface area contributed by atoms with Crippen molar-refractivity contribution in [1.82, 2.24) is 9.88 Å². The number of aromatic nitrogens is 1. The Morgan fingerprint density at radius 3 is 2.62 bits per heavy atom. The molecule has 1 aliphatic heterocycles. The molecule has 0 aromatic carbocycles. The third-order valence-corrected chi connectivity index (χ3v) is 4.56. The second kappa shape index (κ2) is 7.43. The molecule has 0 amide bonds. The van der Waals surface area contributed by atoms with E-state index in [1.54, 1.807) is 6.92 Å². The SMILES string of the molecule is CC(=O)C1=C(N=C(C)N2CCN(c3ccccn3)CC2)C=CCC1. The lowest BCUT2D eigenvalue weighted by molar-refractivity contribution is -0.113. The van der Waals surface area contributed by atoms with Gasteiger partial charge in [0, 0.05) is 37.9 Å². The maximum absolute atomic E-state index is 11.8. The van der Waals surface area contributed by atoms with Gasteiger partial charge >= 0.3 is 0 Å². The van der Waals surface area contributed by atoms with Crippen molar-refractivity contribution in [1.29, 1.82) is 0 Å². The standard InChI is InChI=1S/C19H24N4O/c1-15(24)17-7-3-4-8-18(17)21-16(2)22-11-13-23(14-12-22)19-9-5-6-10-20-19/h4-6,8-10H,3,7,11-14H2,1-2H3. The third-order valence-electron chi connectivity index (χ3n) is 4.56. The van der Waals surface area contributed by atoms with Gasteiger partial charge in [-0.1, -0.05) is 12.1 Å². The first-order chi connectivity index (χ1) is 11.6. The van der Waals surface area contributed by atoms with Crippen LogP contribution in [0, 0.1) is 0 Å². The lowest BCUT2D eigenvalue weighted by Crippen LogP contribution is -2.48. The number of Topliss-reactive ketones (excluding diaryl/α,β-unsaturated/α-hetero) is 1. The highest BCUT2D eigenvalue weighted by molar-refractivity contribution is 5.95. The van der Waals surface area contributed by atoms with Gasteiger partial charge < -0.3 is 9.80 Å². The van der Waals surface area contributed by atoms with Gasteiger partial charge in [0.15, 0.2) is 5.78 Å². The van der Waals surface area contributed by atoms with E-state index in [2.05, 4.69) is 20.9 Å². The molecular weight excluding hydrogens is 300 g/mol. The smallest absolute Gasteiger partial charge is 0.157 e. The topological polar surface area (TPSA) is 48.8 Å². The summed E-state index contributed by atoms with van der Waals surface area (Å²) in [5.74, 6) is 2.14. The summed E-state index contributed by atoms with van der Waals surface area (Å²) in [6, 6.07) is 6.01. The van der Waals surface area contributed by atoms with Crippen LogP contribution in [0.15, 0.2) is 52.8 Å². The predicted octanol–water partition coefficient (Wildman–Crippen LogP) is 2.82. The Labute approximate surface area is 143 Å². The molecule has 126 valence electrons. The summed E-state index contributed by atoms with van der Waals surface area (Å²) in [5, 5.41) is 0. The van der Waals surface area contributed by atoms with Crippen LogP contribution in [0.3, 0.4) is 0 Å². The Morgan fingerprint density at radius 1 is 1.17 bits per heavy atom. The van der Waals surface area contributed by atoms with Gasteiger partial charge in [0.2, 0.25) is 0 Å². The van der Waals surface area contributed by atoms with Gasteiger partial charge in [-0.2, -0.15) is 0 Å². The molecule has 1 saturated heterocycles. The first kappa shape index (κ1) is 16.4. The van der Waals surface area contributed by atoms with Gasteiger partial charge in [-0.05, 0) is 44.9 Å². The summed E-state index contributed by atoms with van der Waals surface area (Å²) >= 11 is 0. The molecule has 1 aromatic rings. The molecule has 0 N–H and O–H groups in total. The Morgan fingerprint density at radius 2 is 1.96 bits per heavy atom. The summed E-state index contributed by atoms with van der Waals surface area (Å²) in [4.78, 5) is 25.5. The van der Waals surface area contributed by atoms with E-state index >= 15 is 0 Å². The lowest BCUT2D eigenvalue weighted by atomic mass is 9.99. The number of allylic oxidation sites excluding steroid dienone is 3. The molecule has 1 fully saturated rings. The van der Waals surface area contributed by atoms with Crippen LogP contribution >= 0.6 is 0 Å². The van der Waals surface area contributed by atoms with Crippen LogP contribution in [0.4, 0.5) is 5.82 Å². The third kappa shape index (κ3) is 3.72. The van der Waals surface area contributed by atoms with Crippen LogP contribution in [-0.2, 0) is 4.79 Å². The molecular formula is C19H24N4O. The number of nitrogens with zero attached hydrogens (tertiary/aromatic N) is 4. The lowest BCUT2D eigenvalue weighted by Gasteiger charge is -2.36. The molecule has 2 aliphatic rings. The van der Waals surface area contributed by atoms with Crippen LogP contribution in [0.1, 0.15) is 26.7 Å². The molecule has 0 radical (unpaired) electrons. The minimum atomic E-state index is 0.130. The average Bonchev–Trinajstić information content (AvgIpc) is 2.63. The van der Waals surface area contributed by atoms with Crippen LogP contribution in [0.2, 0.25) is 0 Å². The number of ketones is 1. The Kier molecular flexibility index (Phi) is 5.08. The Balaban J connectivity index is 1.68. The molecule has 0 saturated carbocycles. The zero-order valence-electron chi connectivity index (χ0n) is 14.4. The second-order valence-electron chi connectivity index (χ2n) is 6.18. The van der Waals surface area contributed by atoms with E-state index in [4.69, 9.17) is 4.99 Å². The minimum absolute atomic E-state index is 0.130. The molecule has 2 heterocycles. The number of pyridine rings is 1. The van der Waals surface area contributed by atoms with Gasteiger partial charge in [-0.25, -0.2) is 9.98 Å². The second-order valence-corrected chi connectivity index (χ2v) is 6.18. The molecule has 0 spiro atoms. The van der Waals surface area contributed by atoms with E-state index in [1.165, 1.54) is 0 Å². The molecule has 1 aromatic heterocycles. The number of hydrogen-bond donors (Lipinski definition) is 0. The summed E-state index contributed by atoms with van der Waals surface area (Å²) in [7, 11) is 0. The van der Waals surface area contributed by atoms with Crippen molar-refractivity contribution in [3.63, 3.8) is 0 Å². The zero-order chi connectivity index (χ0) is 16.9. The van der Waals surface area contributed by atoms with Crippen molar-refractivity contribution in [2.45, 2.75) is 26.7 Å². The summed E-state index contributed by atoms with van der Waals surface area (Å²) < 4.78 is 0. The fourth-order valence-electron chi connectivity index (χ4n) is 3.16. The largest absolute Gasteiger partial charge is 0.357 e. The van der Waals surface area contributed by atoms with Crippen molar-refractivity contribution >= 4 is 17.4 Å². The van der Waals surface area contributed by atoms with E-state index in [0.717, 1.165) is 61.9 Å². The maximum Gasteiger partial charge on any atom is 0.157 e. The van der Waals surface area contributed by atoms with Crippen LogP contribution in [0.5, 0.6) is 0 Å². The average molecular weight is 324 g/mol. The quantitative estimate of drug-likeness (QED) is 0.634. The number of anilines is 1. The predicted molar refractivity (Wildman–Crippen MR) is 97.2 cm³/mol. The Bertz CT molecular complexity index is 683. The maximum atomic E-state index is 11.8. The van der Waals surface area contributed by atoms with Crippen LogP contribution in [-0.4, -0.2) is 47.7 Å². The summed E-state index contributed by atoms with van der Waals surface area (Å²) in [6.07, 6.45) is 7.63. The number of amidine groups is 1. The highest BCUT2D eigenvalue weighted by atomic mass is 16.1. The fourth-order valence-corrected chi connectivity index (χ4v) is 3.16. The summed E-state index contributed by atoms with van der Waals surface area (Å²) in [6.45, 7) is 7.35. The minimum Gasteiger partial charge on any atom is -0.357 e. The first-order valence-electron chi connectivity index (χ1n) is 8.52. The number of aliphatic imine (C=N–C) groups is 1. The fraction of sp³-hybridized carbons (Fsp3) is 0.421. The molecule has 0 atom stereocenters. The van der Waals surface area contributed by atoms with Crippen molar-refractivity contribution in [2.24, 2.45) is 4.99 Å². The normalized spacial score (nSPS) is 19.0. The van der Waals surface area contributed by atoms with Gasteiger partial charge in [-0.15, -0.1) is 0 Å². The Hall–Kier alpha value is -2.43. The van der Waals surface area contributed by atoms with E-state index in [-0.39, 0.29) is 5.78 Å². The summed E-state index contributed by atoms with van der Waals surface area (Å²) in [5.41, 5.74) is 1.68. The van der Waals surface area contributed by atoms with E-state index < -0.39 is 0 Å². The van der Waals surface area contributed by atoms with E-state index in [1.807, 2.05) is 37.4 Å². The number of piperazine rings is 1. The first-order valence-corrected chi connectivity index (χ1v) is 8.52. The van der Waals surface area contributed by atoms with Gasteiger partial charge in [0.1, 0.15) is 11.7 Å². The van der Waals surface area contributed by atoms with Crippen LogP contribution < -0.4 is 4.90 Å². The van der Waals surface area contributed by atoms with E-state index in [9.17, 15) is 4.79 Å². The molecule has 1 aliphatic carbocycles.